The van der Waals surface area contributed by atoms with Crippen LogP contribution in [-0.4, -0.2) is 34.1 Å². The van der Waals surface area contributed by atoms with Gasteiger partial charge in [-0.3, -0.25) is 0 Å². The molecular weight excluding hydrogens is 475 g/mol. The van der Waals surface area contributed by atoms with Crippen molar-refractivity contribution in [2.24, 2.45) is 20.0 Å². The van der Waals surface area contributed by atoms with Crippen LogP contribution in [0.3, 0.4) is 0 Å². The Labute approximate surface area is 144 Å². The van der Waals surface area contributed by atoms with Gasteiger partial charge < -0.3 is 19.9 Å². The van der Waals surface area contributed by atoms with Crippen molar-refractivity contribution in [3.63, 3.8) is 0 Å². The van der Waals surface area contributed by atoms with E-state index in [1.54, 1.807) is 37.0 Å². The summed E-state index contributed by atoms with van der Waals surface area (Å²) in [6, 6.07) is 0. The average Bonchev–Trinajstić information content (AvgIpc) is 3.24. The molecule has 0 spiro atoms. The third-order valence-electron chi connectivity index (χ3n) is 3.21. The molecule has 0 atom stereocenters. The molecule has 0 amide bonds. The maximum absolute atomic E-state index is 4.39. The van der Waals surface area contributed by atoms with Crippen molar-refractivity contribution < 1.29 is 21.1 Å². The Bertz CT molecular complexity index is 902. The topological polar surface area (TPSA) is 103 Å². The standard InChI is InChI=1S/C14H6N8.Pt/c1-7-3-15-11(19-7)13-17-5-9(21-13)2-10-6-18-14(22-10)12-16-4-8(1)20-12;/h1-6H;/q-2;+2. The molecule has 0 N–H and O–H groups in total. The fourth-order valence-corrected chi connectivity index (χ4v) is 2.24. The van der Waals surface area contributed by atoms with Crippen molar-refractivity contribution in [2.75, 3.05) is 0 Å². The largest absolute Gasteiger partial charge is 2.00 e. The molecule has 2 aromatic heterocycles. The number of imidazole rings is 2. The number of aromatic nitrogens is 4. The van der Waals surface area contributed by atoms with Gasteiger partial charge in [-0.05, 0) is 35.2 Å². The van der Waals surface area contributed by atoms with Gasteiger partial charge in [0.05, 0.1) is 23.8 Å². The van der Waals surface area contributed by atoms with E-state index in [0.717, 1.165) is 0 Å². The number of aliphatic imine (C=N–C) groups is 4. The second kappa shape index (κ2) is 5.17. The molecule has 8 nitrogen and oxygen atoms in total. The van der Waals surface area contributed by atoms with Crippen LogP contribution in [0.5, 0.6) is 0 Å². The Morgan fingerprint density at radius 3 is 1.65 bits per heavy atom. The van der Waals surface area contributed by atoms with E-state index >= 15 is 0 Å². The molecule has 8 bridgehead atoms. The Balaban J connectivity index is 0.00000135. The van der Waals surface area contributed by atoms with E-state index in [0.29, 0.717) is 46.1 Å². The van der Waals surface area contributed by atoms with Crippen molar-refractivity contribution in [1.29, 1.82) is 0 Å². The number of allylic oxidation sites excluding steroid dienone is 2. The van der Waals surface area contributed by atoms with Crippen molar-refractivity contribution in [3.05, 3.63) is 46.8 Å². The van der Waals surface area contributed by atoms with Crippen LogP contribution in [0.4, 0.5) is 0 Å². The molecule has 3 aliphatic heterocycles. The fourth-order valence-electron chi connectivity index (χ4n) is 2.24. The molecule has 9 heteroatoms. The molecule has 0 saturated heterocycles. The second-order valence-electron chi connectivity index (χ2n) is 4.76. The maximum Gasteiger partial charge on any atom is 2.00 e. The van der Waals surface area contributed by atoms with Gasteiger partial charge in [0.15, 0.2) is 11.7 Å². The van der Waals surface area contributed by atoms with Crippen molar-refractivity contribution in [1.82, 2.24) is 19.9 Å². The van der Waals surface area contributed by atoms with Gasteiger partial charge in [-0.2, -0.15) is 0 Å². The third-order valence-corrected chi connectivity index (χ3v) is 3.21. The first-order valence-electron chi connectivity index (χ1n) is 6.53. The number of amidine groups is 2. The zero-order valence-electron chi connectivity index (χ0n) is 11.4. The van der Waals surface area contributed by atoms with Crippen molar-refractivity contribution >= 4 is 36.3 Å². The van der Waals surface area contributed by atoms with Crippen molar-refractivity contribution in [3.8, 4) is 0 Å². The summed E-state index contributed by atoms with van der Waals surface area (Å²) in [5.74, 6) is 1.93. The first-order chi connectivity index (χ1) is 10.8. The molecule has 112 valence electrons. The third kappa shape index (κ3) is 2.37. The molecule has 0 aliphatic carbocycles. The Morgan fingerprint density at radius 1 is 0.696 bits per heavy atom. The van der Waals surface area contributed by atoms with Crippen LogP contribution in [0.2, 0.25) is 0 Å². The monoisotopic (exact) mass is 481 g/mol. The van der Waals surface area contributed by atoms with Crippen LogP contribution in [0, 0.1) is 0 Å². The summed E-state index contributed by atoms with van der Waals surface area (Å²) < 4.78 is 0. The molecule has 0 radical (unpaired) electrons. The van der Waals surface area contributed by atoms with E-state index in [1.165, 1.54) is 0 Å². The molecule has 3 aliphatic rings. The fraction of sp³-hybridized carbons (Fsp3) is 0. The molecule has 0 fully saturated rings. The predicted octanol–water partition coefficient (Wildman–Crippen LogP) is 0.446. The van der Waals surface area contributed by atoms with Crippen LogP contribution in [0.25, 0.3) is 12.2 Å². The molecule has 0 unspecified atom stereocenters. The summed E-state index contributed by atoms with van der Waals surface area (Å²) in [5.41, 5.74) is 2.71. The Kier molecular flexibility index (Phi) is 3.12. The predicted molar refractivity (Wildman–Crippen MR) is 81.1 cm³/mol. The molecule has 23 heavy (non-hydrogen) atoms. The summed E-state index contributed by atoms with van der Waals surface area (Å²) in [5, 5.41) is 0. The van der Waals surface area contributed by atoms with Crippen molar-refractivity contribution in [2.45, 2.75) is 0 Å². The Morgan fingerprint density at radius 2 is 1.17 bits per heavy atom. The van der Waals surface area contributed by atoms with Crippen LogP contribution in [-0.2, 0) is 21.1 Å². The molecule has 0 aromatic carbocycles. The molecule has 0 saturated carbocycles. The minimum Gasteiger partial charge on any atom is -0.439 e. The van der Waals surface area contributed by atoms with E-state index in [4.69, 9.17) is 0 Å². The number of hydrogen-bond donors (Lipinski definition) is 0. The zero-order chi connectivity index (χ0) is 14.5. The summed E-state index contributed by atoms with van der Waals surface area (Å²) >= 11 is 0. The minimum atomic E-state index is 0. The summed E-state index contributed by atoms with van der Waals surface area (Å²) in [7, 11) is 0. The quantitative estimate of drug-likeness (QED) is 0.545. The first-order valence-corrected chi connectivity index (χ1v) is 6.53. The smallest absolute Gasteiger partial charge is 0.439 e. The van der Waals surface area contributed by atoms with Crippen LogP contribution in [0.15, 0.2) is 43.8 Å². The first kappa shape index (κ1) is 13.9. The average molecular weight is 481 g/mol. The van der Waals surface area contributed by atoms with E-state index in [2.05, 4.69) is 39.9 Å². The normalized spacial score (nSPS) is 17.0. The number of rotatable bonds is 0. The van der Waals surface area contributed by atoms with Gasteiger partial charge in [0.2, 0.25) is 0 Å². The molecule has 5 rings (SSSR count). The van der Waals surface area contributed by atoms with Crippen LogP contribution < -0.4 is 9.97 Å². The zero-order valence-corrected chi connectivity index (χ0v) is 13.6. The van der Waals surface area contributed by atoms with E-state index in [-0.39, 0.29) is 21.1 Å². The minimum absolute atomic E-state index is 0. The summed E-state index contributed by atoms with van der Waals surface area (Å²) in [6.45, 7) is 0. The number of fused-ring (bicyclic) bond motifs is 8. The van der Waals surface area contributed by atoms with Gasteiger partial charge in [-0.15, -0.1) is 0 Å². The van der Waals surface area contributed by atoms with Gasteiger partial charge in [-0.1, -0.05) is 12.4 Å². The van der Waals surface area contributed by atoms with Gasteiger partial charge in [0.1, 0.15) is 0 Å². The molecule has 2 aromatic rings. The number of hydrogen-bond acceptors (Lipinski definition) is 6. The van der Waals surface area contributed by atoms with Gasteiger partial charge in [-0.25, -0.2) is 20.0 Å². The second-order valence-corrected chi connectivity index (χ2v) is 4.76. The van der Waals surface area contributed by atoms with Gasteiger partial charge in [0.25, 0.3) is 0 Å². The molecule has 5 heterocycles. The SMILES string of the molecule is C1=NC2=NC1=Cc1cnc([n-]1)C1=NC(=Cc3cnc2[n-]3)C=N1.[Pt+2]. The number of nitrogens with zero attached hydrogens (tertiary/aromatic N) is 8. The van der Waals surface area contributed by atoms with E-state index < -0.39 is 0 Å². The van der Waals surface area contributed by atoms with Crippen LogP contribution >= 0.6 is 0 Å². The summed E-state index contributed by atoms with van der Waals surface area (Å²) in [6.07, 6.45) is 10.2. The maximum atomic E-state index is 4.39. The van der Waals surface area contributed by atoms with E-state index in [1.807, 2.05) is 0 Å². The molecular formula is C14H6N8Pt. The van der Waals surface area contributed by atoms with Gasteiger partial charge in [0, 0.05) is 0 Å². The Hall–Kier alpha value is -2.73. The van der Waals surface area contributed by atoms with Gasteiger partial charge >= 0.3 is 21.1 Å². The van der Waals surface area contributed by atoms with E-state index in [9.17, 15) is 0 Å². The van der Waals surface area contributed by atoms with Crippen LogP contribution in [0.1, 0.15) is 23.0 Å². The summed E-state index contributed by atoms with van der Waals surface area (Å²) in [4.78, 5) is 34.5.